The van der Waals surface area contributed by atoms with Gasteiger partial charge in [-0.1, -0.05) is 0 Å². The van der Waals surface area contributed by atoms with Crippen molar-refractivity contribution in [2.45, 2.75) is 184 Å². The fraction of sp³-hybridized carbons (Fsp3) is 1.00. The third-order valence-corrected chi connectivity index (χ3v) is 12.7. The summed E-state index contributed by atoms with van der Waals surface area (Å²) in [4.78, 5) is 0. The minimum absolute atomic E-state index is 0.999. The zero-order valence-corrected chi connectivity index (χ0v) is 34.5. The Hall–Kier alpha value is -1.20. The molecule has 0 aromatic heterocycles. The summed E-state index contributed by atoms with van der Waals surface area (Å²) in [6, 6.07) is 0. The van der Waals surface area contributed by atoms with E-state index in [-0.39, 0.29) is 0 Å². The molecule has 0 aromatic carbocycles. The Morgan fingerprint density at radius 3 is 0.409 bits per heavy atom. The van der Waals surface area contributed by atoms with E-state index in [1.165, 1.54) is 0 Å². The summed E-state index contributed by atoms with van der Waals surface area (Å²) < 4.78 is 67.9. The Bertz CT molecular complexity index is 1230. The number of ether oxygens (including phenoxy) is 12. The van der Waals surface area contributed by atoms with Crippen LogP contribution in [0.3, 0.4) is 0 Å². The predicted molar refractivity (Wildman–Crippen MR) is 196 cm³/mol. The van der Waals surface area contributed by atoms with Crippen molar-refractivity contribution >= 4 is 0 Å². The molecule has 0 amide bonds. The first kappa shape index (κ1) is 52.6. The molecule has 384 valence electrons. The molecule has 0 radical (unpaired) electrons. The van der Waals surface area contributed by atoms with Crippen LogP contribution in [-0.4, -0.2) is 316 Å². The number of aliphatic hydroxyl groups is 18. The van der Waals surface area contributed by atoms with Gasteiger partial charge >= 0.3 is 0 Å². The Kier molecular flexibility index (Phi) is 17.6. The van der Waals surface area contributed by atoms with E-state index < -0.39 is 224 Å². The van der Waals surface area contributed by atoms with Gasteiger partial charge in [0.05, 0.1) is 39.6 Å². The lowest BCUT2D eigenvalue weighted by atomic mass is 9.94. The third-order valence-electron chi connectivity index (χ3n) is 12.7. The van der Waals surface area contributed by atoms with E-state index in [4.69, 9.17) is 56.8 Å². The first-order valence-corrected chi connectivity index (χ1v) is 21.1. The highest BCUT2D eigenvalue weighted by molar-refractivity contribution is 5.01. The van der Waals surface area contributed by atoms with Crippen molar-refractivity contribution in [3.05, 3.63) is 0 Å². The Balaban J connectivity index is 1.19. The number of hydrogen-bond acceptors (Lipinski definition) is 30. The van der Waals surface area contributed by atoms with Gasteiger partial charge in [0.1, 0.15) is 146 Å². The fourth-order valence-electron chi connectivity index (χ4n) is 8.93. The second-order valence-electron chi connectivity index (χ2n) is 16.8. The molecule has 22 aliphatic rings. The zero-order valence-electron chi connectivity index (χ0n) is 34.5. The van der Waals surface area contributed by atoms with Crippen LogP contribution in [0.4, 0.5) is 0 Å². The van der Waals surface area contributed by atoms with Crippen molar-refractivity contribution in [3.63, 3.8) is 0 Å². The summed E-state index contributed by atoms with van der Waals surface area (Å²) in [6.45, 7) is -5.99. The minimum Gasteiger partial charge on any atom is -0.394 e. The van der Waals surface area contributed by atoms with Crippen LogP contribution in [0.1, 0.15) is 0 Å². The van der Waals surface area contributed by atoms with E-state index in [1.54, 1.807) is 0 Å². The summed E-state index contributed by atoms with van der Waals surface area (Å²) >= 11 is 0. The zero-order chi connectivity index (χ0) is 48.0. The van der Waals surface area contributed by atoms with Gasteiger partial charge in [0, 0.05) is 0 Å². The highest BCUT2D eigenvalue weighted by Gasteiger charge is 2.58. The fourth-order valence-corrected chi connectivity index (χ4v) is 8.93. The van der Waals surface area contributed by atoms with E-state index in [0.29, 0.717) is 0 Å². The molecule has 11 unspecified atom stereocenters. The summed E-state index contributed by atoms with van der Waals surface area (Å²) in [5.41, 5.74) is 0. The van der Waals surface area contributed by atoms with Gasteiger partial charge in [-0.25, -0.2) is 0 Å². The van der Waals surface area contributed by atoms with Gasteiger partial charge < -0.3 is 149 Å². The quantitative estimate of drug-likeness (QED) is 0.117. The molecule has 0 aliphatic carbocycles. The predicted octanol–water partition coefficient (Wildman–Crippen LogP) is -13.1. The first-order valence-electron chi connectivity index (χ1n) is 21.1. The molecule has 22 saturated heterocycles. The average Bonchev–Trinajstić information content (AvgIpc) is 3.31. The Morgan fingerprint density at radius 1 is 0.182 bits per heavy atom. The summed E-state index contributed by atoms with van der Waals surface area (Å²) in [6.07, 6.45) is -58.5. The van der Waals surface area contributed by atoms with Gasteiger partial charge in [0.25, 0.3) is 0 Å². The Labute approximate surface area is 372 Å². The standard InChI is InChI=1S/C36H60O30/c37-1-7-25-13(43)19(49)31(55-7)62-26-8(2-38)57-33(21(51)15(26)45)64-28-10(4-40)59-35(23(53)17(28)47)66-30-12(6-42)60-36(24(54)18(30)48)65-29-11(5-41)58-34(22(52)16(29)46)63-27-9(3-39)56-32(61-25)20(50)14(27)44/h7-54H,1-6H2/t7-,8-,9-,10-,11-,12-,13-,14-,15-,16-,17-,18-,19-,20-,21-,22-,23-,24-,25-,26?,27?,28?,29?,30?,31?,32?,33?,34?,35?,36?/m1/s1. The van der Waals surface area contributed by atoms with Crippen molar-refractivity contribution < 1.29 is 149 Å². The maximum atomic E-state index is 11.2. The van der Waals surface area contributed by atoms with Crippen LogP contribution in [0, 0.1) is 0 Å². The smallest absolute Gasteiger partial charge is 0.187 e. The molecule has 30 nitrogen and oxygen atoms in total. The monoisotopic (exact) mass is 972 g/mol. The third kappa shape index (κ3) is 10.0. The minimum atomic E-state index is -2.15. The molecule has 22 fully saturated rings. The van der Waals surface area contributed by atoms with Crippen molar-refractivity contribution in [3.8, 4) is 0 Å². The normalized spacial score (nSPS) is 55.4. The lowest BCUT2D eigenvalue weighted by Crippen LogP contribution is -2.69. The van der Waals surface area contributed by atoms with E-state index in [2.05, 4.69) is 0 Å². The van der Waals surface area contributed by atoms with Crippen molar-refractivity contribution in [2.75, 3.05) is 39.6 Å². The maximum Gasteiger partial charge on any atom is 0.187 e. The molecular weight excluding hydrogens is 912 g/mol. The number of hydrogen-bond donors (Lipinski definition) is 18. The second-order valence-corrected chi connectivity index (χ2v) is 16.8. The van der Waals surface area contributed by atoms with Crippen LogP contribution in [0.5, 0.6) is 0 Å². The summed E-state index contributed by atoms with van der Waals surface area (Å²) in [5, 5.41) is 196. The van der Waals surface area contributed by atoms with Crippen LogP contribution < -0.4 is 0 Å². The van der Waals surface area contributed by atoms with Gasteiger partial charge in [-0.3, -0.25) is 0 Å². The topological polar surface area (TPSA) is 475 Å². The summed E-state index contributed by atoms with van der Waals surface area (Å²) in [7, 11) is 0. The van der Waals surface area contributed by atoms with E-state index in [9.17, 15) is 91.9 Å². The van der Waals surface area contributed by atoms with Crippen molar-refractivity contribution in [2.24, 2.45) is 0 Å². The van der Waals surface area contributed by atoms with Crippen LogP contribution in [0.2, 0.25) is 0 Å². The molecule has 22 aliphatic heterocycles. The molecule has 0 saturated carbocycles. The molecule has 66 heavy (non-hydrogen) atoms. The molecule has 30 atom stereocenters. The lowest BCUT2D eigenvalue weighted by molar-refractivity contribution is -0.404. The SMILES string of the molecule is OC[C@H]1OC2OC3[C@@H](CO)OC(OC4[C@@H](CO)OC(OC5[C@@H](CO)OC(OC6[C@@H](CO)OC(O[C@H]7[C@H](O)[C@@H](O)C(OC1[C@H](O)[C@H]2O)O[C@@H]7CO)[C@H](O)[C@H]6O)[C@H](O)[C@H]5O)[C@H](O)[C@H]4O)[C@H](O)[C@H]3O. The summed E-state index contributed by atoms with van der Waals surface area (Å²) in [5.74, 6) is 0. The molecule has 18 N–H and O–H groups in total. The average molecular weight is 973 g/mol. The van der Waals surface area contributed by atoms with Gasteiger partial charge in [-0.05, 0) is 0 Å². The van der Waals surface area contributed by atoms with Gasteiger partial charge in [0.15, 0.2) is 37.7 Å². The van der Waals surface area contributed by atoms with Crippen LogP contribution >= 0.6 is 0 Å². The maximum absolute atomic E-state index is 11.2. The van der Waals surface area contributed by atoms with Crippen molar-refractivity contribution in [1.82, 2.24) is 0 Å². The molecule has 12 bridgehead atoms. The van der Waals surface area contributed by atoms with E-state index >= 15 is 0 Å². The first-order chi connectivity index (χ1) is 31.4. The van der Waals surface area contributed by atoms with Crippen LogP contribution in [-0.2, 0) is 56.8 Å². The highest BCUT2D eigenvalue weighted by atomic mass is 16.8. The van der Waals surface area contributed by atoms with Crippen LogP contribution in [0.15, 0.2) is 0 Å². The van der Waals surface area contributed by atoms with Crippen molar-refractivity contribution in [1.29, 1.82) is 0 Å². The molecule has 0 aromatic rings. The molecule has 22 rings (SSSR count). The van der Waals surface area contributed by atoms with Crippen LogP contribution in [0.25, 0.3) is 0 Å². The lowest BCUT2D eigenvalue weighted by Gasteiger charge is -2.50. The number of rotatable bonds is 6. The second kappa shape index (κ2) is 22.1. The molecular formula is C36H60O30. The highest BCUT2D eigenvalue weighted by Crippen LogP contribution is 2.38. The molecule has 0 spiro atoms. The van der Waals surface area contributed by atoms with E-state index in [0.717, 1.165) is 0 Å². The largest absolute Gasteiger partial charge is 0.394 e. The molecule has 22 heterocycles. The van der Waals surface area contributed by atoms with Gasteiger partial charge in [-0.2, -0.15) is 0 Å². The van der Waals surface area contributed by atoms with Gasteiger partial charge in [-0.15, -0.1) is 0 Å². The molecule has 30 heteroatoms. The van der Waals surface area contributed by atoms with Gasteiger partial charge in [0.2, 0.25) is 0 Å². The number of aliphatic hydroxyl groups excluding tert-OH is 18. The van der Waals surface area contributed by atoms with E-state index in [1.807, 2.05) is 0 Å². The Morgan fingerprint density at radius 2 is 0.303 bits per heavy atom.